The number of methoxy groups -OCH3 is 1. The van der Waals surface area contributed by atoms with Gasteiger partial charge in [0.2, 0.25) is 0 Å². The van der Waals surface area contributed by atoms with E-state index >= 15 is 0 Å². The van der Waals surface area contributed by atoms with E-state index in [-0.39, 0.29) is 11.1 Å². The number of ether oxygens (including phenoxy) is 3. The van der Waals surface area contributed by atoms with Gasteiger partial charge in [0.15, 0.2) is 0 Å². The lowest BCUT2D eigenvalue weighted by atomic mass is 10.1. The summed E-state index contributed by atoms with van der Waals surface area (Å²) in [7, 11) is 1.28. The maximum Gasteiger partial charge on any atom is 0.340 e. The molecule has 0 atom stereocenters. The van der Waals surface area contributed by atoms with Gasteiger partial charge in [-0.15, -0.1) is 11.3 Å². The SMILES string of the molecule is COC(=O)c1cc(-c2ccccc2)sc1NC(=O)/C(C#N)=C/c1ccc(OCCN2CCOCC2)cc1. The number of nitriles is 1. The van der Waals surface area contributed by atoms with Gasteiger partial charge in [0.25, 0.3) is 5.91 Å². The molecule has 9 heteroatoms. The van der Waals surface area contributed by atoms with Crippen LogP contribution in [0.25, 0.3) is 16.5 Å². The number of nitrogens with one attached hydrogen (secondary N) is 1. The molecular weight excluding hydrogens is 490 g/mol. The van der Waals surface area contributed by atoms with E-state index in [0.717, 1.165) is 43.3 Å². The number of esters is 1. The minimum absolute atomic E-state index is 0.0912. The van der Waals surface area contributed by atoms with E-state index in [2.05, 4.69) is 10.2 Å². The van der Waals surface area contributed by atoms with E-state index in [0.29, 0.717) is 22.9 Å². The zero-order chi connectivity index (χ0) is 26.0. The van der Waals surface area contributed by atoms with E-state index in [1.807, 2.05) is 36.4 Å². The summed E-state index contributed by atoms with van der Waals surface area (Å²) in [4.78, 5) is 28.3. The van der Waals surface area contributed by atoms with Gasteiger partial charge in [0.05, 0.1) is 25.9 Å². The molecule has 1 amide bonds. The number of anilines is 1. The summed E-state index contributed by atoms with van der Waals surface area (Å²) in [5.41, 5.74) is 1.72. The van der Waals surface area contributed by atoms with Crippen molar-refractivity contribution in [2.45, 2.75) is 0 Å². The summed E-state index contributed by atoms with van der Waals surface area (Å²) in [6, 6.07) is 20.3. The first-order valence-corrected chi connectivity index (χ1v) is 12.6. The summed E-state index contributed by atoms with van der Waals surface area (Å²) < 4.78 is 16.0. The molecule has 8 nitrogen and oxygen atoms in total. The molecular formula is C28H27N3O5S. The average Bonchev–Trinajstić information content (AvgIpc) is 3.36. The Morgan fingerprint density at radius 2 is 1.86 bits per heavy atom. The Morgan fingerprint density at radius 1 is 1.14 bits per heavy atom. The molecule has 3 aromatic rings. The zero-order valence-corrected chi connectivity index (χ0v) is 21.3. The molecule has 4 rings (SSSR count). The van der Waals surface area contributed by atoms with E-state index in [1.165, 1.54) is 24.5 Å². The van der Waals surface area contributed by atoms with Crippen molar-refractivity contribution in [3.63, 3.8) is 0 Å². The molecule has 0 unspecified atom stereocenters. The van der Waals surface area contributed by atoms with Crippen LogP contribution in [0.2, 0.25) is 0 Å². The highest BCUT2D eigenvalue weighted by atomic mass is 32.1. The Balaban J connectivity index is 1.42. The van der Waals surface area contributed by atoms with Gasteiger partial charge in [0, 0.05) is 24.5 Å². The first-order chi connectivity index (χ1) is 18.1. The molecule has 1 aliphatic rings. The third-order valence-electron chi connectivity index (χ3n) is 5.76. The van der Waals surface area contributed by atoms with Gasteiger partial charge >= 0.3 is 5.97 Å². The second kappa shape index (κ2) is 12.8. The van der Waals surface area contributed by atoms with Crippen molar-refractivity contribution in [2.75, 3.05) is 51.9 Å². The first kappa shape index (κ1) is 26.1. The van der Waals surface area contributed by atoms with Crippen LogP contribution in [0.4, 0.5) is 5.00 Å². The number of thiophene rings is 1. The van der Waals surface area contributed by atoms with Crippen LogP contribution in [0.3, 0.4) is 0 Å². The molecule has 1 N–H and O–H groups in total. The molecule has 1 fully saturated rings. The van der Waals surface area contributed by atoms with Crippen LogP contribution >= 0.6 is 11.3 Å². The monoisotopic (exact) mass is 517 g/mol. The molecule has 0 bridgehead atoms. The van der Waals surface area contributed by atoms with Crippen LogP contribution in [0, 0.1) is 11.3 Å². The van der Waals surface area contributed by atoms with Crippen LogP contribution in [0.5, 0.6) is 5.75 Å². The van der Waals surface area contributed by atoms with Gasteiger partial charge in [-0.1, -0.05) is 42.5 Å². The third-order valence-corrected chi connectivity index (χ3v) is 6.86. The standard InChI is InChI=1S/C28H27N3O5S/c1-34-28(33)24-18-25(21-5-3-2-4-6-21)37-27(24)30-26(32)22(19-29)17-20-7-9-23(10-8-20)36-16-13-31-11-14-35-15-12-31/h2-10,17-18H,11-16H2,1H3,(H,30,32)/b22-17+. The molecule has 0 saturated carbocycles. The molecule has 0 radical (unpaired) electrons. The number of hydrogen-bond donors (Lipinski definition) is 1. The lowest BCUT2D eigenvalue weighted by Gasteiger charge is -2.26. The molecule has 1 aromatic heterocycles. The van der Waals surface area contributed by atoms with Crippen molar-refractivity contribution in [3.05, 3.63) is 77.4 Å². The Kier molecular flexibility index (Phi) is 9.05. The fraction of sp³-hybridized carbons (Fsp3) is 0.250. The molecule has 37 heavy (non-hydrogen) atoms. The molecule has 190 valence electrons. The van der Waals surface area contributed by atoms with Crippen LogP contribution in [-0.2, 0) is 14.3 Å². The number of morpholine rings is 1. The first-order valence-electron chi connectivity index (χ1n) is 11.8. The second-order valence-corrected chi connectivity index (χ2v) is 9.26. The van der Waals surface area contributed by atoms with Gasteiger partial charge in [-0.3, -0.25) is 9.69 Å². The highest BCUT2D eigenvalue weighted by molar-refractivity contribution is 7.20. The number of carbonyl (C=O) groups is 2. The van der Waals surface area contributed by atoms with Crippen LogP contribution < -0.4 is 10.1 Å². The Hall–Kier alpha value is -3.97. The lowest BCUT2D eigenvalue weighted by Crippen LogP contribution is -2.38. The highest BCUT2D eigenvalue weighted by Crippen LogP contribution is 2.36. The lowest BCUT2D eigenvalue weighted by molar-refractivity contribution is -0.112. The summed E-state index contributed by atoms with van der Waals surface area (Å²) >= 11 is 1.24. The number of rotatable bonds is 9. The van der Waals surface area contributed by atoms with Gasteiger partial charge in [-0.2, -0.15) is 5.26 Å². The average molecular weight is 518 g/mol. The number of amides is 1. The number of hydrogen-bond acceptors (Lipinski definition) is 8. The molecule has 0 aliphatic carbocycles. The van der Waals surface area contributed by atoms with Gasteiger partial charge < -0.3 is 19.5 Å². The van der Waals surface area contributed by atoms with Gasteiger partial charge in [0.1, 0.15) is 29.0 Å². The van der Waals surface area contributed by atoms with Crippen molar-refractivity contribution in [1.82, 2.24) is 4.90 Å². The fourth-order valence-electron chi connectivity index (χ4n) is 3.75. The van der Waals surface area contributed by atoms with Crippen molar-refractivity contribution in [2.24, 2.45) is 0 Å². The van der Waals surface area contributed by atoms with Crippen LogP contribution in [0.1, 0.15) is 15.9 Å². The van der Waals surface area contributed by atoms with E-state index in [1.54, 1.807) is 30.3 Å². The van der Waals surface area contributed by atoms with E-state index < -0.39 is 11.9 Å². The van der Waals surface area contributed by atoms with Crippen molar-refractivity contribution >= 4 is 34.3 Å². The normalized spacial score (nSPS) is 14.0. The topological polar surface area (TPSA) is 101 Å². The fourth-order valence-corrected chi connectivity index (χ4v) is 4.80. The molecule has 0 spiro atoms. The van der Waals surface area contributed by atoms with E-state index in [4.69, 9.17) is 14.2 Å². The minimum atomic E-state index is -0.611. The summed E-state index contributed by atoms with van der Waals surface area (Å²) in [6.45, 7) is 4.71. The van der Waals surface area contributed by atoms with Crippen molar-refractivity contribution < 1.29 is 23.8 Å². The molecule has 2 heterocycles. The predicted molar refractivity (Wildman–Crippen MR) is 143 cm³/mol. The van der Waals surface area contributed by atoms with Gasteiger partial charge in [-0.05, 0) is 35.4 Å². The smallest absolute Gasteiger partial charge is 0.340 e. The van der Waals surface area contributed by atoms with Gasteiger partial charge in [-0.25, -0.2) is 4.79 Å². The molecule has 1 saturated heterocycles. The Bertz CT molecular complexity index is 1290. The molecule has 2 aromatic carbocycles. The highest BCUT2D eigenvalue weighted by Gasteiger charge is 2.21. The Labute approximate surface area is 219 Å². The maximum absolute atomic E-state index is 12.9. The second-order valence-electron chi connectivity index (χ2n) is 8.21. The minimum Gasteiger partial charge on any atom is -0.492 e. The quantitative estimate of drug-likeness (QED) is 0.254. The zero-order valence-electron chi connectivity index (χ0n) is 20.4. The third kappa shape index (κ3) is 7.05. The maximum atomic E-state index is 12.9. The van der Waals surface area contributed by atoms with Crippen LogP contribution in [0.15, 0.2) is 66.2 Å². The predicted octanol–water partition coefficient (Wildman–Crippen LogP) is 4.46. The molecule has 1 aliphatic heterocycles. The van der Waals surface area contributed by atoms with Crippen LogP contribution in [-0.4, -0.2) is 63.3 Å². The number of nitrogens with zero attached hydrogens (tertiary/aromatic N) is 2. The van der Waals surface area contributed by atoms with Crippen molar-refractivity contribution in [1.29, 1.82) is 5.26 Å². The summed E-state index contributed by atoms with van der Waals surface area (Å²) in [6.07, 6.45) is 1.50. The summed E-state index contributed by atoms with van der Waals surface area (Å²) in [5.74, 6) is -0.469. The van der Waals surface area contributed by atoms with E-state index in [9.17, 15) is 14.9 Å². The van der Waals surface area contributed by atoms with Crippen molar-refractivity contribution in [3.8, 4) is 22.3 Å². The number of carbonyl (C=O) groups excluding carboxylic acids is 2. The largest absolute Gasteiger partial charge is 0.492 e. The summed E-state index contributed by atoms with van der Waals surface area (Å²) in [5, 5.41) is 12.7. The Morgan fingerprint density at radius 3 is 2.54 bits per heavy atom. The number of benzene rings is 2.